The predicted octanol–water partition coefficient (Wildman–Crippen LogP) is 5.28. The number of nitrogens with zero attached hydrogens (tertiary/aromatic N) is 1. The van der Waals surface area contributed by atoms with Gasteiger partial charge in [-0.25, -0.2) is 4.79 Å². The van der Waals surface area contributed by atoms with Crippen LogP contribution in [0.4, 0.5) is 4.79 Å². The van der Waals surface area contributed by atoms with Gasteiger partial charge in [-0.15, -0.1) is 0 Å². The first-order chi connectivity index (χ1) is 17.5. The number of nitrogens with one attached hydrogen (secondary N) is 2. The number of carbonyl (C=O) groups excluding carboxylic acids is 3. The van der Waals surface area contributed by atoms with E-state index in [1.807, 2.05) is 75.4 Å². The highest BCUT2D eigenvalue weighted by Gasteiger charge is 2.42. The maximum absolute atomic E-state index is 14.2. The molecule has 2 aromatic rings. The topological polar surface area (TPSA) is 87.7 Å². The van der Waals surface area contributed by atoms with Gasteiger partial charge in [0.15, 0.2) is 0 Å². The second-order valence-electron chi connectivity index (χ2n) is 11.2. The molecule has 0 bridgehead atoms. The Labute approximate surface area is 221 Å². The van der Waals surface area contributed by atoms with Gasteiger partial charge in [0.2, 0.25) is 11.8 Å². The fourth-order valence-corrected chi connectivity index (χ4v) is 4.45. The first kappa shape index (κ1) is 28.2. The van der Waals surface area contributed by atoms with Gasteiger partial charge in [0, 0.05) is 12.6 Å². The summed E-state index contributed by atoms with van der Waals surface area (Å²) in [7, 11) is 0. The van der Waals surface area contributed by atoms with Crippen molar-refractivity contribution < 1.29 is 19.1 Å². The number of amides is 3. The molecule has 0 radical (unpaired) electrons. The summed E-state index contributed by atoms with van der Waals surface area (Å²) in [5, 5.41) is 5.84. The molecular weight excluding hydrogens is 466 g/mol. The Balaban J connectivity index is 1.95. The Morgan fingerprint density at radius 1 is 1.03 bits per heavy atom. The summed E-state index contributed by atoms with van der Waals surface area (Å²) >= 11 is 0. The van der Waals surface area contributed by atoms with Crippen molar-refractivity contribution in [2.24, 2.45) is 5.92 Å². The Morgan fingerprint density at radius 3 is 2.24 bits per heavy atom. The fraction of sp³-hybridized carbons (Fsp3) is 0.500. The lowest BCUT2D eigenvalue weighted by molar-refractivity contribution is -0.148. The van der Waals surface area contributed by atoms with Gasteiger partial charge in [0.25, 0.3) is 0 Å². The van der Waals surface area contributed by atoms with Crippen LogP contribution in [-0.2, 0) is 20.9 Å². The van der Waals surface area contributed by atoms with E-state index < -0.39 is 23.8 Å². The van der Waals surface area contributed by atoms with Gasteiger partial charge in [0.05, 0.1) is 0 Å². The molecule has 2 unspecified atom stereocenters. The lowest BCUT2D eigenvalue weighted by Crippen LogP contribution is -2.58. The van der Waals surface area contributed by atoms with Gasteiger partial charge in [-0.3, -0.25) is 9.59 Å². The molecule has 3 rings (SSSR count). The molecule has 1 aliphatic carbocycles. The molecule has 0 spiro atoms. The molecular formula is C30H41N3O4. The summed E-state index contributed by atoms with van der Waals surface area (Å²) < 4.78 is 5.44. The second kappa shape index (κ2) is 12.3. The normalized spacial score (nSPS) is 15.3. The third kappa shape index (κ3) is 7.81. The molecule has 200 valence electrons. The molecule has 0 aromatic heterocycles. The number of hydrogen-bond acceptors (Lipinski definition) is 4. The fourth-order valence-electron chi connectivity index (χ4n) is 4.45. The average Bonchev–Trinajstić information content (AvgIpc) is 2.78. The van der Waals surface area contributed by atoms with Crippen LogP contribution in [-0.4, -0.2) is 40.5 Å². The van der Waals surface area contributed by atoms with Crippen LogP contribution in [0.25, 0.3) is 0 Å². The van der Waals surface area contributed by atoms with Crippen LogP contribution < -0.4 is 10.6 Å². The van der Waals surface area contributed by atoms with Crippen LogP contribution in [0.15, 0.2) is 54.6 Å². The Bertz CT molecular complexity index is 1070. The number of benzene rings is 2. The molecule has 0 saturated heterocycles. The summed E-state index contributed by atoms with van der Waals surface area (Å²) in [6.07, 6.45) is 1.98. The molecule has 7 nitrogen and oxygen atoms in total. The maximum atomic E-state index is 14.2. The summed E-state index contributed by atoms with van der Waals surface area (Å²) in [5.74, 6) is -0.713. The highest BCUT2D eigenvalue weighted by atomic mass is 16.6. The van der Waals surface area contributed by atoms with Crippen molar-refractivity contribution >= 4 is 17.9 Å². The number of carbonyl (C=O) groups is 3. The second-order valence-corrected chi connectivity index (χ2v) is 11.2. The van der Waals surface area contributed by atoms with Crippen LogP contribution in [0, 0.1) is 12.8 Å². The molecule has 0 heterocycles. The van der Waals surface area contributed by atoms with E-state index in [1.54, 1.807) is 25.7 Å². The largest absolute Gasteiger partial charge is 0.444 e. The summed E-state index contributed by atoms with van der Waals surface area (Å²) in [6, 6.07) is 15.7. The van der Waals surface area contributed by atoms with E-state index in [4.69, 9.17) is 4.74 Å². The molecule has 3 amide bonds. The van der Waals surface area contributed by atoms with Gasteiger partial charge in [-0.2, -0.15) is 0 Å². The average molecular weight is 508 g/mol. The van der Waals surface area contributed by atoms with Crippen LogP contribution >= 0.6 is 0 Å². The predicted molar refractivity (Wildman–Crippen MR) is 145 cm³/mol. The molecule has 1 fully saturated rings. The van der Waals surface area contributed by atoms with Crippen molar-refractivity contribution in [2.75, 3.05) is 0 Å². The maximum Gasteiger partial charge on any atom is 0.408 e. The summed E-state index contributed by atoms with van der Waals surface area (Å²) in [4.78, 5) is 42.3. The summed E-state index contributed by atoms with van der Waals surface area (Å²) in [6.45, 7) is 11.4. The highest BCUT2D eigenvalue weighted by molar-refractivity contribution is 5.92. The molecule has 7 heteroatoms. The quantitative estimate of drug-likeness (QED) is 0.483. The highest BCUT2D eigenvalue weighted by Crippen LogP contribution is 2.34. The molecule has 37 heavy (non-hydrogen) atoms. The molecule has 0 aliphatic heterocycles. The number of rotatable bonds is 9. The third-order valence-electron chi connectivity index (χ3n) is 6.52. The summed E-state index contributed by atoms with van der Waals surface area (Å²) in [5.41, 5.74) is 2.05. The van der Waals surface area contributed by atoms with Crippen LogP contribution in [0.3, 0.4) is 0 Å². The monoisotopic (exact) mass is 507 g/mol. The zero-order chi connectivity index (χ0) is 27.2. The zero-order valence-electron chi connectivity index (χ0n) is 22.9. The van der Waals surface area contributed by atoms with Crippen molar-refractivity contribution in [1.29, 1.82) is 0 Å². The number of aryl methyl sites for hydroxylation is 1. The first-order valence-electron chi connectivity index (χ1n) is 13.2. The van der Waals surface area contributed by atoms with Crippen molar-refractivity contribution in [3.05, 3.63) is 71.3 Å². The number of alkyl carbamates (subject to hydrolysis) is 1. The molecule has 1 aliphatic rings. The van der Waals surface area contributed by atoms with E-state index in [2.05, 4.69) is 10.6 Å². The minimum absolute atomic E-state index is 0.0813. The third-order valence-corrected chi connectivity index (χ3v) is 6.52. The van der Waals surface area contributed by atoms with Crippen LogP contribution in [0.1, 0.15) is 76.6 Å². The van der Waals surface area contributed by atoms with Gasteiger partial charge in [-0.05, 0) is 64.0 Å². The van der Waals surface area contributed by atoms with E-state index in [0.29, 0.717) is 6.54 Å². The van der Waals surface area contributed by atoms with Crippen molar-refractivity contribution in [2.45, 2.75) is 91.1 Å². The van der Waals surface area contributed by atoms with Gasteiger partial charge >= 0.3 is 6.09 Å². The Morgan fingerprint density at radius 2 is 1.70 bits per heavy atom. The van der Waals surface area contributed by atoms with Crippen LogP contribution in [0.5, 0.6) is 0 Å². The van der Waals surface area contributed by atoms with Crippen molar-refractivity contribution in [3.63, 3.8) is 0 Å². The molecule has 2 atom stereocenters. The lowest BCUT2D eigenvalue weighted by atomic mass is 9.87. The Kier molecular flexibility index (Phi) is 9.35. The standard InChI is InChI=1S/C30H41N3O4/c1-20(2)25(32-29(36)37-30(4,5)6)28(35)33(24-16-11-17-24)26(23-15-10-12-21(3)18-23)27(34)31-19-22-13-8-7-9-14-22/h7-10,12-15,18,20,24-26H,11,16-17,19H2,1-6H3,(H,31,34)(H,32,36). The molecule has 1 saturated carbocycles. The van der Waals surface area contributed by atoms with E-state index in [0.717, 1.165) is 36.0 Å². The molecule has 2 N–H and O–H groups in total. The number of ether oxygens (including phenoxy) is 1. The number of hydrogen-bond donors (Lipinski definition) is 2. The van der Waals surface area contributed by atoms with Crippen molar-refractivity contribution in [3.8, 4) is 0 Å². The molecule has 2 aromatic carbocycles. The Hall–Kier alpha value is -3.35. The van der Waals surface area contributed by atoms with E-state index >= 15 is 0 Å². The SMILES string of the molecule is Cc1cccc(C(C(=O)NCc2ccccc2)N(C(=O)C(NC(=O)OC(C)(C)C)C(C)C)C2CCC2)c1. The van der Waals surface area contributed by atoms with E-state index in [9.17, 15) is 14.4 Å². The van der Waals surface area contributed by atoms with E-state index in [1.165, 1.54) is 0 Å². The van der Waals surface area contributed by atoms with Gasteiger partial charge in [0.1, 0.15) is 17.7 Å². The first-order valence-corrected chi connectivity index (χ1v) is 13.2. The van der Waals surface area contributed by atoms with Gasteiger partial charge < -0.3 is 20.3 Å². The lowest BCUT2D eigenvalue weighted by Gasteiger charge is -2.44. The van der Waals surface area contributed by atoms with E-state index in [-0.39, 0.29) is 23.8 Å². The van der Waals surface area contributed by atoms with Gasteiger partial charge in [-0.1, -0.05) is 74.0 Å². The smallest absolute Gasteiger partial charge is 0.408 e. The van der Waals surface area contributed by atoms with Crippen molar-refractivity contribution in [1.82, 2.24) is 15.5 Å². The minimum Gasteiger partial charge on any atom is -0.444 e. The minimum atomic E-state index is -0.829. The van der Waals surface area contributed by atoms with Crippen LogP contribution in [0.2, 0.25) is 0 Å². The zero-order valence-corrected chi connectivity index (χ0v) is 22.9.